The van der Waals surface area contributed by atoms with Crippen LogP contribution in [0.3, 0.4) is 0 Å². The average molecular weight is 354 g/mol. The van der Waals surface area contributed by atoms with E-state index in [4.69, 9.17) is 9.47 Å². The molecule has 2 aliphatic rings. The first-order chi connectivity index (χ1) is 12.7. The second-order valence-corrected chi connectivity index (χ2v) is 6.83. The molecule has 0 bridgehead atoms. The summed E-state index contributed by atoms with van der Waals surface area (Å²) in [5, 5.41) is 2.90. The molecular weight excluding hydrogens is 332 g/mol. The van der Waals surface area contributed by atoms with Gasteiger partial charge in [-0.05, 0) is 36.5 Å². The number of aromatic nitrogens is 2. The van der Waals surface area contributed by atoms with E-state index in [1.807, 2.05) is 18.2 Å². The van der Waals surface area contributed by atoms with E-state index >= 15 is 0 Å². The van der Waals surface area contributed by atoms with Crippen molar-refractivity contribution in [2.45, 2.75) is 26.3 Å². The highest BCUT2D eigenvalue weighted by Gasteiger charge is 2.19. The fraction of sp³-hybridized carbons (Fsp3) is 0.421. The zero-order chi connectivity index (χ0) is 17.9. The number of ether oxygens (including phenoxy) is 2. The van der Waals surface area contributed by atoms with Crippen molar-refractivity contribution in [2.24, 2.45) is 5.92 Å². The Labute approximate surface area is 152 Å². The fourth-order valence-electron chi connectivity index (χ4n) is 3.37. The van der Waals surface area contributed by atoms with Crippen LogP contribution >= 0.6 is 0 Å². The molecule has 0 radical (unpaired) electrons. The quantitative estimate of drug-likeness (QED) is 0.908. The molecule has 7 heteroatoms. The van der Waals surface area contributed by atoms with Crippen LogP contribution in [0.5, 0.6) is 11.5 Å². The summed E-state index contributed by atoms with van der Waals surface area (Å²) in [5.74, 6) is 2.69. The van der Waals surface area contributed by atoms with Crippen molar-refractivity contribution in [3.63, 3.8) is 0 Å². The average Bonchev–Trinajstić information content (AvgIpc) is 3.14. The van der Waals surface area contributed by atoms with Gasteiger partial charge in [-0.15, -0.1) is 0 Å². The van der Waals surface area contributed by atoms with Gasteiger partial charge in [0.1, 0.15) is 17.8 Å². The van der Waals surface area contributed by atoms with E-state index in [2.05, 4.69) is 27.1 Å². The van der Waals surface area contributed by atoms with Gasteiger partial charge in [0, 0.05) is 25.7 Å². The van der Waals surface area contributed by atoms with E-state index in [-0.39, 0.29) is 12.7 Å². The molecule has 1 saturated heterocycles. The summed E-state index contributed by atoms with van der Waals surface area (Å²) in [6.45, 7) is 4.82. The highest BCUT2D eigenvalue weighted by Crippen LogP contribution is 2.32. The van der Waals surface area contributed by atoms with Gasteiger partial charge in [-0.25, -0.2) is 9.97 Å². The van der Waals surface area contributed by atoms with Gasteiger partial charge >= 0.3 is 0 Å². The summed E-state index contributed by atoms with van der Waals surface area (Å²) in [6, 6.07) is 7.41. The molecule has 0 saturated carbocycles. The van der Waals surface area contributed by atoms with E-state index in [1.54, 1.807) is 6.07 Å². The highest BCUT2D eigenvalue weighted by atomic mass is 16.7. The van der Waals surface area contributed by atoms with Gasteiger partial charge in [-0.3, -0.25) is 4.79 Å². The monoisotopic (exact) mass is 354 g/mol. The molecule has 1 amide bonds. The molecule has 1 unspecified atom stereocenters. The number of nitrogens with one attached hydrogen (secondary N) is 1. The van der Waals surface area contributed by atoms with Crippen molar-refractivity contribution in [2.75, 3.05) is 24.8 Å². The van der Waals surface area contributed by atoms with E-state index in [0.717, 1.165) is 36.6 Å². The van der Waals surface area contributed by atoms with E-state index in [1.165, 1.54) is 12.7 Å². The summed E-state index contributed by atoms with van der Waals surface area (Å²) in [5.41, 5.74) is 1.33. The molecule has 2 aliphatic heterocycles. The molecule has 0 aliphatic carbocycles. The van der Waals surface area contributed by atoms with Crippen molar-refractivity contribution in [3.8, 4) is 11.5 Å². The molecule has 1 atom stereocenters. The second-order valence-electron chi connectivity index (χ2n) is 6.83. The number of fused-ring (bicyclic) bond motifs is 1. The Kier molecular flexibility index (Phi) is 4.60. The molecule has 2 aromatic rings. The lowest BCUT2D eigenvalue weighted by atomic mass is 10.0. The molecule has 3 heterocycles. The summed E-state index contributed by atoms with van der Waals surface area (Å²) in [7, 11) is 0. The van der Waals surface area contributed by atoms with Crippen molar-refractivity contribution < 1.29 is 14.3 Å². The van der Waals surface area contributed by atoms with Crippen LogP contribution < -0.4 is 19.7 Å². The standard InChI is InChI=1S/C19H22N4O3/c1-13-3-2-6-23(10-13)18-8-15(21-11-22-18)19(24)20-9-14-4-5-16-17(7-14)26-12-25-16/h4-5,7-8,11,13H,2-3,6,9-10,12H2,1H3,(H,20,24). The minimum atomic E-state index is -0.212. The number of nitrogens with zero attached hydrogens (tertiary/aromatic N) is 3. The normalized spacial score (nSPS) is 18.7. The third-order valence-electron chi connectivity index (χ3n) is 4.76. The fourth-order valence-corrected chi connectivity index (χ4v) is 3.37. The van der Waals surface area contributed by atoms with E-state index < -0.39 is 0 Å². The Morgan fingerprint density at radius 2 is 2.15 bits per heavy atom. The molecule has 136 valence electrons. The SMILES string of the molecule is CC1CCCN(c2cc(C(=O)NCc3ccc4c(c3)OCO4)ncn2)C1. The Morgan fingerprint density at radius 3 is 3.04 bits per heavy atom. The summed E-state index contributed by atoms with van der Waals surface area (Å²) in [4.78, 5) is 23.2. The number of anilines is 1. The molecule has 7 nitrogen and oxygen atoms in total. The van der Waals surface area contributed by atoms with E-state index in [9.17, 15) is 4.79 Å². The van der Waals surface area contributed by atoms with Crippen LogP contribution in [0.15, 0.2) is 30.6 Å². The Morgan fingerprint density at radius 1 is 1.27 bits per heavy atom. The molecule has 4 rings (SSSR count). The second kappa shape index (κ2) is 7.19. The number of piperidine rings is 1. The Balaban J connectivity index is 1.41. The highest BCUT2D eigenvalue weighted by molar-refractivity contribution is 5.92. The molecule has 1 N–H and O–H groups in total. The van der Waals surface area contributed by atoms with Gasteiger partial charge in [-0.1, -0.05) is 13.0 Å². The van der Waals surface area contributed by atoms with Gasteiger partial charge in [0.05, 0.1) is 0 Å². The predicted octanol–water partition coefficient (Wildman–Crippen LogP) is 2.37. The maximum atomic E-state index is 12.5. The Hall–Kier alpha value is -2.83. The van der Waals surface area contributed by atoms with Crippen LogP contribution in [-0.2, 0) is 6.54 Å². The number of rotatable bonds is 4. The number of carbonyl (C=O) groups excluding carboxylic acids is 1. The lowest BCUT2D eigenvalue weighted by Gasteiger charge is -2.31. The number of carbonyl (C=O) groups is 1. The molecule has 0 spiro atoms. The van der Waals surface area contributed by atoms with Crippen LogP contribution in [0.25, 0.3) is 0 Å². The lowest BCUT2D eigenvalue weighted by molar-refractivity contribution is 0.0945. The topological polar surface area (TPSA) is 76.6 Å². The molecular formula is C19H22N4O3. The summed E-state index contributed by atoms with van der Waals surface area (Å²) >= 11 is 0. The van der Waals surface area contributed by atoms with Crippen LogP contribution in [-0.4, -0.2) is 35.8 Å². The van der Waals surface area contributed by atoms with Crippen molar-refractivity contribution >= 4 is 11.7 Å². The van der Waals surface area contributed by atoms with Gasteiger partial charge in [0.2, 0.25) is 6.79 Å². The van der Waals surface area contributed by atoms with Crippen molar-refractivity contribution in [3.05, 3.63) is 41.9 Å². The zero-order valence-corrected chi connectivity index (χ0v) is 14.8. The van der Waals surface area contributed by atoms with Gasteiger partial charge in [-0.2, -0.15) is 0 Å². The minimum Gasteiger partial charge on any atom is -0.454 e. The lowest BCUT2D eigenvalue weighted by Crippen LogP contribution is -2.35. The molecule has 1 aromatic heterocycles. The Bertz CT molecular complexity index is 811. The third kappa shape index (κ3) is 3.56. The molecule has 26 heavy (non-hydrogen) atoms. The number of amides is 1. The van der Waals surface area contributed by atoms with Crippen LogP contribution in [0, 0.1) is 5.92 Å². The van der Waals surface area contributed by atoms with Crippen LogP contribution in [0.2, 0.25) is 0 Å². The first-order valence-corrected chi connectivity index (χ1v) is 8.93. The predicted molar refractivity (Wildman–Crippen MR) is 96.4 cm³/mol. The largest absolute Gasteiger partial charge is 0.454 e. The first kappa shape index (κ1) is 16.6. The zero-order valence-electron chi connectivity index (χ0n) is 14.8. The number of benzene rings is 1. The molecule has 1 aromatic carbocycles. The molecule has 1 fully saturated rings. The summed E-state index contributed by atoms with van der Waals surface area (Å²) in [6.07, 6.45) is 3.85. The van der Waals surface area contributed by atoms with Gasteiger partial charge in [0.25, 0.3) is 5.91 Å². The van der Waals surface area contributed by atoms with Gasteiger partial charge < -0.3 is 19.7 Å². The van der Waals surface area contributed by atoms with Crippen LogP contribution in [0.1, 0.15) is 35.8 Å². The minimum absolute atomic E-state index is 0.212. The number of hydrogen-bond donors (Lipinski definition) is 1. The summed E-state index contributed by atoms with van der Waals surface area (Å²) < 4.78 is 10.7. The maximum Gasteiger partial charge on any atom is 0.270 e. The first-order valence-electron chi connectivity index (χ1n) is 8.93. The van der Waals surface area contributed by atoms with Crippen LogP contribution in [0.4, 0.5) is 5.82 Å². The van der Waals surface area contributed by atoms with E-state index in [0.29, 0.717) is 23.9 Å². The van der Waals surface area contributed by atoms with Gasteiger partial charge in [0.15, 0.2) is 11.5 Å². The van der Waals surface area contributed by atoms with Crippen molar-refractivity contribution in [1.82, 2.24) is 15.3 Å². The third-order valence-corrected chi connectivity index (χ3v) is 4.76. The van der Waals surface area contributed by atoms with Crippen molar-refractivity contribution in [1.29, 1.82) is 0 Å². The smallest absolute Gasteiger partial charge is 0.270 e. The maximum absolute atomic E-state index is 12.5. The number of hydrogen-bond acceptors (Lipinski definition) is 6.